The highest BCUT2D eigenvalue weighted by atomic mass is 32.2. The smallest absolute Gasteiger partial charge is 0.223 e. The summed E-state index contributed by atoms with van der Waals surface area (Å²) in [6.45, 7) is 7.76. The molecule has 1 spiro atoms. The monoisotopic (exact) mass is 483 g/mol. The predicted molar refractivity (Wildman–Crippen MR) is 131 cm³/mol. The summed E-state index contributed by atoms with van der Waals surface area (Å²) in [5.74, 6) is 1.59. The van der Waals surface area contributed by atoms with Crippen molar-refractivity contribution in [3.05, 3.63) is 18.0 Å². The summed E-state index contributed by atoms with van der Waals surface area (Å²) in [4.78, 5) is 19.4. The number of piperidine rings is 1. The zero-order valence-corrected chi connectivity index (χ0v) is 20.6. The zero-order chi connectivity index (χ0) is 23.1. The van der Waals surface area contributed by atoms with Crippen molar-refractivity contribution in [2.75, 3.05) is 49.5 Å². The molecule has 9 nitrogen and oxygen atoms in total. The van der Waals surface area contributed by atoms with Gasteiger partial charge in [-0.3, -0.25) is 4.90 Å². The number of rotatable bonds is 6. The molecule has 5 heterocycles. The van der Waals surface area contributed by atoms with Gasteiger partial charge in [0.2, 0.25) is 16.0 Å². The molecule has 7 rings (SSSR count). The second kappa shape index (κ2) is 7.48. The number of fused-ring (bicyclic) bond motifs is 1. The molecular formula is C24H33N7O2S. The van der Waals surface area contributed by atoms with Crippen LogP contribution in [-0.4, -0.2) is 89.2 Å². The summed E-state index contributed by atoms with van der Waals surface area (Å²) in [7, 11) is -3.08. The maximum Gasteiger partial charge on any atom is 0.223 e. The largest absolute Gasteiger partial charge is 0.353 e. The lowest BCUT2D eigenvalue weighted by Crippen LogP contribution is -2.72. The summed E-state index contributed by atoms with van der Waals surface area (Å²) in [6, 6.07) is 3.10. The van der Waals surface area contributed by atoms with E-state index in [2.05, 4.69) is 26.2 Å². The van der Waals surface area contributed by atoms with Crippen LogP contribution in [0.2, 0.25) is 0 Å². The van der Waals surface area contributed by atoms with Gasteiger partial charge in [-0.05, 0) is 51.5 Å². The number of likely N-dealkylation sites (tertiary alicyclic amines) is 1. The maximum absolute atomic E-state index is 12.5. The first-order valence-electron chi connectivity index (χ1n) is 12.8. The standard InChI is InChI=1S/C24H33N7O2S/c1-16-10-17-11-25-23(27-18-6-8-31(9-7-18)34(32,33)20-4-5-20)28-21(17)22(26-16)30-14-24(15-30)12-29(13-24)19-2-3-19/h10-11,18-20H,2-9,12-15H2,1H3,(H,25,27,28). The Morgan fingerprint density at radius 3 is 2.41 bits per heavy atom. The van der Waals surface area contributed by atoms with Crippen molar-refractivity contribution in [2.45, 2.75) is 62.8 Å². The Balaban J connectivity index is 1.05. The summed E-state index contributed by atoms with van der Waals surface area (Å²) >= 11 is 0. The Morgan fingerprint density at radius 1 is 1.00 bits per heavy atom. The lowest BCUT2D eigenvalue weighted by Gasteiger charge is -2.61. The summed E-state index contributed by atoms with van der Waals surface area (Å²) in [5, 5.41) is 4.36. The van der Waals surface area contributed by atoms with Crippen LogP contribution in [0.25, 0.3) is 10.9 Å². The molecule has 2 aromatic rings. The first kappa shape index (κ1) is 21.3. The summed E-state index contributed by atoms with van der Waals surface area (Å²) < 4.78 is 26.7. The van der Waals surface area contributed by atoms with E-state index in [0.29, 0.717) is 24.5 Å². The van der Waals surface area contributed by atoms with Crippen molar-refractivity contribution in [1.29, 1.82) is 0 Å². The Kier molecular flexibility index (Phi) is 4.68. The fraction of sp³-hybridized carbons (Fsp3) is 0.708. The Labute approximate surface area is 201 Å². The van der Waals surface area contributed by atoms with Gasteiger partial charge in [0.15, 0.2) is 5.82 Å². The molecule has 182 valence electrons. The minimum absolute atomic E-state index is 0.132. The fourth-order valence-electron chi connectivity index (χ4n) is 6.08. The lowest BCUT2D eigenvalue weighted by atomic mass is 9.72. The average molecular weight is 484 g/mol. The number of nitrogens with one attached hydrogen (secondary N) is 1. The van der Waals surface area contributed by atoms with E-state index in [1.807, 2.05) is 13.1 Å². The minimum atomic E-state index is -3.08. The molecule has 0 aromatic carbocycles. The first-order valence-corrected chi connectivity index (χ1v) is 14.3. The highest BCUT2D eigenvalue weighted by Gasteiger charge is 2.55. The lowest BCUT2D eigenvalue weighted by molar-refractivity contribution is -0.0277. The molecule has 0 unspecified atom stereocenters. The van der Waals surface area contributed by atoms with E-state index >= 15 is 0 Å². The van der Waals surface area contributed by atoms with Crippen LogP contribution < -0.4 is 10.2 Å². The summed E-state index contributed by atoms with van der Waals surface area (Å²) in [5.41, 5.74) is 2.35. The number of hydrogen-bond acceptors (Lipinski definition) is 8. The molecule has 5 aliphatic rings. The molecule has 2 saturated carbocycles. The van der Waals surface area contributed by atoms with Gasteiger partial charge in [0.05, 0.1) is 5.25 Å². The van der Waals surface area contributed by atoms with Crippen molar-refractivity contribution in [1.82, 2.24) is 24.2 Å². The van der Waals surface area contributed by atoms with Crippen molar-refractivity contribution < 1.29 is 8.42 Å². The van der Waals surface area contributed by atoms with E-state index in [1.54, 1.807) is 4.31 Å². The molecule has 10 heteroatoms. The Morgan fingerprint density at radius 2 is 1.74 bits per heavy atom. The van der Waals surface area contributed by atoms with Crippen LogP contribution >= 0.6 is 0 Å². The molecule has 0 amide bonds. The fourth-order valence-corrected chi connectivity index (χ4v) is 7.96. The number of pyridine rings is 1. The van der Waals surface area contributed by atoms with Gasteiger partial charge < -0.3 is 10.2 Å². The maximum atomic E-state index is 12.5. The van der Waals surface area contributed by atoms with Gasteiger partial charge in [-0.2, -0.15) is 0 Å². The summed E-state index contributed by atoms with van der Waals surface area (Å²) in [6.07, 6.45) is 7.84. The van der Waals surface area contributed by atoms with Crippen LogP contribution in [0.1, 0.15) is 44.2 Å². The van der Waals surface area contributed by atoms with Crippen LogP contribution in [0, 0.1) is 12.3 Å². The van der Waals surface area contributed by atoms with Gasteiger partial charge >= 0.3 is 0 Å². The number of sulfonamides is 1. The second-order valence-corrected chi connectivity index (χ2v) is 13.5. The van der Waals surface area contributed by atoms with E-state index in [4.69, 9.17) is 9.97 Å². The minimum Gasteiger partial charge on any atom is -0.353 e. The van der Waals surface area contributed by atoms with E-state index in [-0.39, 0.29) is 11.3 Å². The molecule has 0 atom stereocenters. The predicted octanol–water partition coefficient (Wildman–Crippen LogP) is 1.99. The molecule has 3 saturated heterocycles. The van der Waals surface area contributed by atoms with Crippen molar-refractivity contribution in [3.8, 4) is 0 Å². The molecular weight excluding hydrogens is 450 g/mol. The molecule has 0 bridgehead atoms. The quantitative estimate of drug-likeness (QED) is 0.667. The molecule has 2 aromatic heterocycles. The zero-order valence-electron chi connectivity index (χ0n) is 19.8. The second-order valence-electron chi connectivity index (χ2n) is 11.3. The molecule has 5 fully saturated rings. The third kappa shape index (κ3) is 3.65. The normalized spacial score (nSPS) is 26.0. The Hall–Kier alpha value is -2.04. The van der Waals surface area contributed by atoms with E-state index < -0.39 is 10.0 Å². The van der Waals surface area contributed by atoms with Gasteiger partial charge in [-0.25, -0.2) is 27.7 Å². The molecule has 0 radical (unpaired) electrons. The Bertz CT molecular complexity index is 1220. The number of hydrogen-bond donors (Lipinski definition) is 1. The third-order valence-electron chi connectivity index (χ3n) is 8.26. The molecule has 3 aliphatic heterocycles. The van der Waals surface area contributed by atoms with Gasteiger partial charge in [0.25, 0.3) is 0 Å². The first-order chi connectivity index (χ1) is 16.4. The SMILES string of the molecule is Cc1cc2cnc(NC3CCN(S(=O)(=O)C4CC4)CC3)nc2c(N2CC3(C2)CN(C2CC2)C3)n1. The number of aryl methyl sites for hydroxylation is 1. The molecule has 34 heavy (non-hydrogen) atoms. The number of aromatic nitrogens is 3. The average Bonchev–Trinajstić information content (AvgIpc) is 3.66. The topological polar surface area (TPSA) is 94.6 Å². The number of anilines is 2. The van der Waals surface area contributed by atoms with Crippen LogP contribution in [-0.2, 0) is 10.0 Å². The van der Waals surface area contributed by atoms with Gasteiger partial charge in [-0.15, -0.1) is 0 Å². The van der Waals surface area contributed by atoms with Crippen molar-refractivity contribution >= 4 is 32.7 Å². The van der Waals surface area contributed by atoms with E-state index in [1.165, 1.54) is 25.9 Å². The van der Waals surface area contributed by atoms with Crippen LogP contribution in [0.3, 0.4) is 0 Å². The number of nitrogens with zero attached hydrogens (tertiary/aromatic N) is 6. The molecule has 1 N–H and O–H groups in total. The van der Waals surface area contributed by atoms with E-state index in [9.17, 15) is 8.42 Å². The highest BCUT2D eigenvalue weighted by molar-refractivity contribution is 7.90. The van der Waals surface area contributed by atoms with Crippen molar-refractivity contribution in [2.24, 2.45) is 5.41 Å². The third-order valence-corrected chi connectivity index (χ3v) is 10.7. The van der Waals surface area contributed by atoms with Gasteiger partial charge in [0, 0.05) is 74.0 Å². The highest BCUT2D eigenvalue weighted by Crippen LogP contribution is 2.46. The van der Waals surface area contributed by atoms with E-state index in [0.717, 1.165) is 67.2 Å². The van der Waals surface area contributed by atoms with Crippen LogP contribution in [0.5, 0.6) is 0 Å². The van der Waals surface area contributed by atoms with Crippen molar-refractivity contribution in [3.63, 3.8) is 0 Å². The van der Waals surface area contributed by atoms with Gasteiger partial charge in [-0.1, -0.05) is 0 Å². The van der Waals surface area contributed by atoms with Crippen LogP contribution in [0.15, 0.2) is 12.3 Å². The van der Waals surface area contributed by atoms with Gasteiger partial charge in [0.1, 0.15) is 5.52 Å². The molecule has 2 aliphatic carbocycles. The van der Waals surface area contributed by atoms with Crippen LogP contribution in [0.4, 0.5) is 11.8 Å².